The molecule has 2 aliphatic heterocycles. The van der Waals surface area contributed by atoms with E-state index in [1.165, 1.54) is 0 Å². The molecule has 1 N–H and O–H groups in total. The van der Waals surface area contributed by atoms with Gasteiger partial charge in [0.1, 0.15) is 5.75 Å². The lowest BCUT2D eigenvalue weighted by Crippen LogP contribution is -2.59. The van der Waals surface area contributed by atoms with Gasteiger partial charge in [-0.2, -0.15) is 0 Å². The van der Waals surface area contributed by atoms with Crippen LogP contribution in [0.25, 0.3) is 0 Å². The van der Waals surface area contributed by atoms with Crippen molar-refractivity contribution in [3.8, 4) is 5.75 Å². The van der Waals surface area contributed by atoms with Gasteiger partial charge < -0.3 is 10.1 Å². The van der Waals surface area contributed by atoms with Crippen molar-refractivity contribution >= 4 is 38.8 Å². The van der Waals surface area contributed by atoms with Crippen molar-refractivity contribution in [3.63, 3.8) is 0 Å². The number of alkyl halides is 2. The number of amidine groups is 1. The van der Waals surface area contributed by atoms with Gasteiger partial charge in [-0.3, -0.25) is 4.79 Å². The number of ether oxygens (including phenoxy) is 1. The van der Waals surface area contributed by atoms with E-state index in [1.54, 1.807) is 42.5 Å². The summed E-state index contributed by atoms with van der Waals surface area (Å²) in [5.41, 5.74) is -1.67. The fraction of sp³-hybridized carbons (Fsp3) is 0.333. The molecular formula is C21H17BrF2N2O2S. The maximum Gasteiger partial charge on any atom is 0.287 e. The quantitative estimate of drug-likeness (QED) is 0.628. The number of halogens is 3. The third kappa shape index (κ3) is 2.83. The summed E-state index contributed by atoms with van der Waals surface area (Å²) in [7, 11) is 0. The number of fused-ring (bicyclic) bond motifs is 3. The molecule has 0 saturated heterocycles. The SMILES string of the molecule is O=C(NC1=NC2(c3cc(Br)ccc3OCC23CC3)C(F)(F)CS1)c1ccccc1. The maximum absolute atomic E-state index is 15.6. The first kappa shape index (κ1) is 19.1. The minimum atomic E-state index is -3.07. The van der Waals surface area contributed by atoms with Crippen LogP contribution in [0.15, 0.2) is 58.0 Å². The van der Waals surface area contributed by atoms with Crippen LogP contribution in [-0.4, -0.2) is 29.4 Å². The number of thioether (sulfide) groups is 1. The van der Waals surface area contributed by atoms with Crippen molar-refractivity contribution < 1.29 is 18.3 Å². The van der Waals surface area contributed by atoms with Crippen molar-refractivity contribution in [1.82, 2.24) is 5.32 Å². The number of amides is 1. The number of rotatable bonds is 1. The Hall–Kier alpha value is -1.93. The van der Waals surface area contributed by atoms with Crippen molar-refractivity contribution in [3.05, 3.63) is 64.1 Å². The summed E-state index contributed by atoms with van der Waals surface area (Å²) < 4.78 is 37.8. The summed E-state index contributed by atoms with van der Waals surface area (Å²) in [6.45, 7) is 0.200. The van der Waals surface area contributed by atoms with Gasteiger partial charge in [0.25, 0.3) is 11.8 Å². The molecule has 1 saturated carbocycles. The topological polar surface area (TPSA) is 50.7 Å². The van der Waals surface area contributed by atoms with Crippen LogP contribution in [0, 0.1) is 5.41 Å². The van der Waals surface area contributed by atoms with Gasteiger partial charge in [-0.1, -0.05) is 45.9 Å². The first-order valence-corrected chi connectivity index (χ1v) is 11.0. The largest absolute Gasteiger partial charge is 0.493 e. The Morgan fingerprint density at radius 2 is 1.93 bits per heavy atom. The van der Waals surface area contributed by atoms with Crippen LogP contribution >= 0.6 is 27.7 Å². The van der Waals surface area contributed by atoms with Gasteiger partial charge in [0.2, 0.25) is 0 Å². The molecule has 1 aliphatic carbocycles. The molecule has 2 heterocycles. The number of benzene rings is 2. The van der Waals surface area contributed by atoms with Crippen molar-refractivity contribution in [2.75, 3.05) is 12.4 Å². The van der Waals surface area contributed by atoms with E-state index in [2.05, 4.69) is 26.2 Å². The summed E-state index contributed by atoms with van der Waals surface area (Å²) in [6, 6.07) is 13.8. The summed E-state index contributed by atoms with van der Waals surface area (Å²) >= 11 is 4.28. The number of hydrogen-bond donors (Lipinski definition) is 1. The highest BCUT2D eigenvalue weighted by Gasteiger charge is 2.75. The summed E-state index contributed by atoms with van der Waals surface area (Å²) in [5.74, 6) is -3.46. The number of nitrogens with zero attached hydrogens (tertiary/aromatic N) is 1. The van der Waals surface area contributed by atoms with Crippen LogP contribution in [0.2, 0.25) is 0 Å². The van der Waals surface area contributed by atoms with E-state index in [-0.39, 0.29) is 17.7 Å². The third-order valence-corrected chi connectivity index (χ3v) is 7.37. The van der Waals surface area contributed by atoms with Gasteiger partial charge in [0.15, 0.2) is 10.7 Å². The summed E-state index contributed by atoms with van der Waals surface area (Å²) in [6.07, 6.45) is 1.23. The lowest BCUT2D eigenvalue weighted by Gasteiger charge is -2.49. The zero-order valence-corrected chi connectivity index (χ0v) is 17.7. The van der Waals surface area contributed by atoms with Crippen molar-refractivity contribution in [2.24, 2.45) is 10.4 Å². The molecule has 1 atom stereocenters. The summed E-state index contributed by atoms with van der Waals surface area (Å²) in [5, 5.41) is 2.97. The molecule has 1 amide bonds. The minimum Gasteiger partial charge on any atom is -0.493 e. The molecule has 0 radical (unpaired) electrons. The lowest BCUT2D eigenvalue weighted by molar-refractivity contribution is -0.106. The highest BCUT2D eigenvalue weighted by atomic mass is 79.9. The summed E-state index contributed by atoms with van der Waals surface area (Å²) in [4.78, 5) is 17.2. The molecule has 150 valence electrons. The Morgan fingerprint density at radius 3 is 2.66 bits per heavy atom. The lowest BCUT2D eigenvalue weighted by atomic mass is 9.70. The Bertz CT molecular complexity index is 1030. The van der Waals surface area contributed by atoms with Crippen LogP contribution in [0.1, 0.15) is 28.8 Å². The molecule has 0 aromatic heterocycles. The average molecular weight is 479 g/mol. The molecule has 2 aromatic rings. The van der Waals surface area contributed by atoms with Crippen LogP contribution in [0.3, 0.4) is 0 Å². The van der Waals surface area contributed by atoms with E-state index < -0.39 is 22.6 Å². The van der Waals surface area contributed by atoms with Gasteiger partial charge in [-0.05, 0) is 43.2 Å². The monoisotopic (exact) mass is 478 g/mol. The molecule has 2 spiro atoms. The smallest absolute Gasteiger partial charge is 0.287 e. The molecule has 8 heteroatoms. The molecule has 1 unspecified atom stereocenters. The highest BCUT2D eigenvalue weighted by Crippen LogP contribution is 2.70. The molecule has 2 aromatic carbocycles. The van der Waals surface area contributed by atoms with Crippen molar-refractivity contribution in [2.45, 2.75) is 24.3 Å². The first-order chi connectivity index (χ1) is 13.9. The van der Waals surface area contributed by atoms with Gasteiger partial charge in [-0.15, -0.1) is 0 Å². The molecule has 5 rings (SSSR count). The number of carbonyl (C=O) groups is 1. The number of nitrogens with one attached hydrogen (secondary N) is 1. The predicted octanol–water partition coefficient (Wildman–Crippen LogP) is 4.99. The first-order valence-electron chi connectivity index (χ1n) is 9.27. The van der Waals surface area contributed by atoms with E-state index in [1.807, 2.05) is 6.07 Å². The fourth-order valence-electron chi connectivity index (χ4n) is 4.29. The maximum atomic E-state index is 15.6. The third-order valence-electron chi connectivity index (χ3n) is 5.90. The van der Waals surface area contributed by atoms with E-state index in [9.17, 15) is 4.79 Å². The van der Waals surface area contributed by atoms with Gasteiger partial charge in [-0.25, -0.2) is 13.8 Å². The molecule has 4 nitrogen and oxygen atoms in total. The van der Waals surface area contributed by atoms with Crippen LogP contribution < -0.4 is 10.1 Å². The highest BCUT2D eigenvalue weighted by molar-refractivity contribution is 9.10. The van der Waals surface area contributed by atoms with Crippen LogP contribution in [-0.2, 0) is 5.54 Å². The van der Waals surface area contributed by atoms with Gasteiger partial charge in [0, 0.05) is 21.0 Å². The molecule has 29 heavy (non-hydrogen) atoms. The second-order valence-corrected chi connectivity index (χ2v) is 9.53. The van der Waals surface area contributed by atoms with E-state index in [4.69, 9.17) is 4.74 Å². The zero-order chi connectivity index (χ0) is 20.3. The number of hydrogen-bond acceptors (Lipinski definition) is 4. The van der Waals surface area contributed by atoms with E-state index in [0.29, 0.717) is 34.2 Å². The van der Waals surface area contributed by atoms with E-state index >= 15 is 8.78 Å². The Balaban J connectivity index is 1.63. The van der Waals surface area contributed by atoms with Gasteiger partial charge >= 0.3 is 0 Å². The van der Waals surface area contributed by atoms with Crippen LogP contribution in [0.4, 0.5) is 8.78 Å². The van der Waals surface area contributed by atoms with E-state index in [0.717, 1.165) is 11.8 Å². The molecule has 3 aliphatic rings. The molecule has 0 bridgehead atoms. The predicted molar refractivity (Wildman–Crippen MR) is 112 cm³/mol. The number of carbonyl (C=O) groups excluding carboxylic acids is 1. The molecule has 1 fully saturated rings. The second kappa shape index (κ2) is 6.54. The standard InChI is InChI=1S/C21H17BrF2N2O2S/c22-14-6-7-16-15(10-14)21(19(8-9-19)11-28-16)20(23,24)12-29-18(26-21)25-17(27)13-4-2-1-3-5-13/h1-7,10H,8-9,11-12H2,(H,25,26,27). The second-order valence-electron chi connectivity index (χ2n) is 7.65. The minimum absolute atomic E-state index is 0.200. The Morgan fingerprint density at radius 1 is 1.17 bits per heavy atom. The zero-order valence-electron chi connectivity index (χ0n) is 15.3. The Kier molecular flexibility index (Phi) is 4.30. The Labute approximate surface area is 179 Å². The normalized spacial score (nSPS) is 25.7. The number of aliphatic imine (C=N–C) groups is 1. The van der Waals surface area contributed by atoms with Crippen molar-refractivity contribution in [1.29, 1.82) is 0 Å². The van der Waals surface area contributed by atoms with Gasteiger partial charge in [0.05, 0.1) is 12.4 Å². The fourth-order valence-corrected chi connectivity index (χ4v) is 5.54. The molecular weight excluding hydrogens is 462 g/mol. The van der Waals surface area contributed by atoms with Crippen LogP contribution in [0.5, 0.6) is 5.75 Å². The average Bonchev–Trinajstić information content (AvgIpc) is 3.49.